The molecule has 0 bridgehead atoms. The Balaban J connectivity index is 1.91. The van der Waals surface area contributed by atoms with Crippen LogP contribution in [0.5, 0.6) is 0 Å². The van der Waals surface area contributed by atoms with Crippen LogP contribution in [0.15, 0.2) is 9.95 Å². The van der Waals surface area contributed by atoms with Crippen molar-refractivity contribution in [3.05, 3.63) is 10.5 Å². The van der Waals surface area contributed by atoms with Crippen LogP contribution in [0.1, 0.15) is 53.4 Å². The quantitative estimate of drug-likeness (QED) is 0.601. The topological polar surface area (TPSA) is 77.0 Å². The van der Waals surface area contributed by atoms with Gasteiger partial charge in [0, 0.05) is 6.54 Å². The molecule has 3 atom stereocenters. The number of carbonyl (C=O) groups excluding carboxylic acids is 1. The average Bonchev–Trinajstić information content (AvgIpc) is 2.86. The summed E-state index contributed by atoms with van der Waals surface area (Å²) in [7, 11) is 0. The molecular formula is C17H29N3O3S. The highest BCUT2D eigenvalue weighted by atomic mass is 32.2. The lowest BCUT2D eigenvalue weighted by Crippen LogP contribution is -2.36. The Kier molecular flexibility index (Phi) is 6.95. The lowest BCUT2D eigenvalue weighted by Gasteiger charge is -2.36. The molecule has 1 fully saturated rings. The van der Waals surface area contributed by atoms with E-state index in [0.717, 1.165) is 19.3 Å². The van der Waals surface area contributed by atoms with Gasteiger partial charge in [-0.15, -0.1) is 5.10 Å². The van der Waals surface area contributed by atoms with Gasteiger partial charge in [-0.3, -0.25) is 9.36 Å². The molecule has 0 unspecified atom stereocenters. The van der Waals surface area contributed by atoms with Crippen LogP contribution in [-0.4, -0.2) is 32.6 Å². The largest absolute Gasteiger partial charge is 0.461 e. The van der Waals surface area contributed by atoms with E-state index in [1.54, 1.807) is 4.57 Å². The number of H-pyrrole nitrogens is 1. The van der Waals surface area contributed by atoms with E-state index < -0.39 is 0 Å². The van der Waals surface area contributed by atoms with Crippen LogP contribution in [0.4, 0.5) is 0 Å². The number of rotatable bonds is 7. The van der Waals surface area contributed by atoms with Crippen LogP contribution in [0, 0.1) is 17.8 Å². The van der Waals surface area contributed by atoms with Gasteiger partial charge in [0.05, 0.1) is 5.75 Å². The summed E-state index contributed by atoms with van der Waals surface area (Å²) in [5, 5.41) is 6.98. The fourth-order valence-corrected chi connectivity index (χ4v) is 4.17. The Bertz CT molecular complexity index is 596. The molecule has 1 aromatic heterocycles. The second kappa shape index (κ2) is 8.74. The number of nitrogens with one attached hydrogen (secondary N) is 1. The van der Waals surface area contributed by atoms with Gasteiger partial charge in [-0.05, 0) is 37.0 Å². The summed E-state index contributed by atoms with van der Waals surface area (Å²) < 4.78 is 7.35. The molecule has 1 saturated carbocycles. The first-order valence-electron chi connectivity index (χ1n) is 8.89. The third-order valence-corrected chi connectivity index (χ3v) is 5.68. The highest BCUT2D eigenvalue weighted by Gasteiger charge is 2.33. The number of ether oxygens (including phenoxy) is 1. The monoisotopic (exact) mass is 355 g/mol. The first kappa shape index (κ1) is 19.1. The molecule has 0 aromatic carbocycles. The third-order valence-electron chi connectivity index (χ3n) is 4.73. The summed E-state index contributed by atoms with van der Waals surface area (Å²) in [6.45, 7) is 9.22. The molecule has 1 aliphatic rings. The normalized spacial score (nSPS) is 24.3. The van der Waals surface area contributed by atoms with Crippen molar-refractivity contribution in [1.82, 2.24) is 14.8 Å². The molecule has 136 valence electrons. The summed E-state index contributed by atoms with van der Waals surface area (Å²) in [5.41, 5.74) is -0.228. The summed E-state index contributed by atoms with van der Waals surface area (Å²) in [4.78, 5) is 23.9. The lowest BCUT2D eigenvalue weighted by molar-refractivity contribution is -0.152. The minimum Gasteiger partial charge on any atom is -0.461 e. The molecule has 1 heterocycles. The van der Waals surface area contributed by atoms with Crippen LogP contribution in [0.3, 0.4) is 0 Å². The maximum Gasteiger partial charge on any atom is 0.343 e. The third kappa shape index (κ3) is 4.88. The smallest absolute Gasteiger partial charge is 0.343 e. The van der Waals surface area contributed by atoms with E-state index in [9.17, 15) is 9.59 Å². The number of esters is 1. The fourth-order valence-electron chi connectivity index (χ4n) is 3.41. The summed E-state index contributed by atoms with van der Waals surface area (Å²) >= 11 is 1.26. The van der Waals surface area contributed by atoms with E-state index in [0.29, 0.717) is 29.5 Å². The number of nitrogens with zero attached hydrogens (tertiary/aromatic N) is 2. The van der Waals surface area contributed by atoms with Crippen molar-refractivity contribution in [3.63, 3.8) is 0 Å². The number of carbonyl (C=O) groups is 1. The van der Waals surface area contributed by atoms with Crippen molar-refractivity contribution in [2.45, 2.75) is 71.2 Å². The number of hydrogen-bond acceptors (Lipinski definition) is 5. The van der Waals surface area contributed by atoms with Gasteiger partial charge in [-0.25, -0.2) is 9.89 Å². The van der Waals surface area contributed by atoms with Crippen LogP contribution >= 0.6 is 11.8 Å². The zero-order valence-electron chi connectivity index (χ0n) is 15.1. The molecule has 1 aliphatic carbocycles. The summed E-state index contributed by atoms with van der Waals surface area (Å²) in [5.74, 6) is 1.53. The van der Waals surface area contributed by atoms with Gasteiger partial charge in [-0.2, -0.15) is 0 Å². The van der Waals surface area contributed by atoms with E-state index in [2.05, 4.69) is 31.0 Å². The first-order valence-corrected chi connectivity index (χ1v) is 9.88. The summed E-state index contributed by atoms with van der Waals surface area (Å²) in [6, 6.07) is 0. The Labute approximate surface area is 147 Å². The van der Waals surface area contributed by atoms with E-state index in [1.807, 2.05) is 6.92 Å². The van der Waals surface area contributed by atoms with Crippen molar-refractivity contribution < 1.29 is 9.53 Å². The Hall–Kier alpha value is -1.24. The zero-order chi connectivity index (χ0) is 17.7. The molecular weight excluding hydrogens is 326 g/mol. The van der Waals surface area contributed by atoms with Crippen molar-refractivity contribution >= 4 is 17.7 Å². The van der Waals surface area contributed by atoms with Crippen LogP contribution in [0.25, 0.3) is 0 Å². The lowest BCUT2D eigenvalue weighted by atomic mass is 9.75. The highest BCUT2D eigenvalue weighted by Crippen LogP contribution is 2.35. The summed E-state index contributed by atoms with van der Waals surface area (Å²) in [6.07, 6.45) is 4.14. The number of aromatic nitrogens is 3. The van der Waals surface area contributed by atoms with Gasteiger partial charge >= 0.3 is 11.7 Å². The van der Waals surface area contributed by atoms with Gasteiger partial charge in [0.2, 0.25) is 0 Å². The highest BCUT2D eigenvalue weighted by molar-refractivity contribution is 7.99. The minimum atomic E-state index is -0.228. The van der Waals surface area contributed by atoms with Crippen molar-refractivity contribution in [2.24, 2.45) is 17.8 Å². The molecule has 2 rings (SSSR count). The van der Waals surface area contributed by atoms with Crippen LogP contribution in [0.2, 0.25) is 0 Å². The number of thioether (sulfide) groups is 1. The number of hydrogen-bond donors (Lipinski definition) is 1. The molecule has 6 nitrogen and oxygen atoms in total. The molecule has 0 aliphatic heterocycles. The van der Waals surface area contributed by atoms with Crippen molar-refractivity contribution in [3.8, 4) is 0 Å². The SMILES string of the molecule is CCCn1c(SCC(=O)O[C@H]2C[C@H](C)CC[C@@H]2C(C)C)n[nH]c1=O. The Morgan fingerprint density at radius 3 is 2.88 bits per heavy atom. The Morgan fingerprint density at radius 1 is 1.46 bits per heavy atom. The second-order valence-electron chi connectivity index (χ2n) is 7.11. The molecule has 24 heavy (non-hydrogen) atoms. The van der Waals surface area contributed by atoms with Gasteiger partial charge in [-0.1, -0.05) is 45.9 Å². The molecule has 0 saturated heterocycles. The predicted molar refractivity (Wildman–Crippen MR) is 95.1 cm³/mol. The molecule has 0 amide bonds. The molecule has 1 N–H and O–H groups in total. The van der Waals surface area contributed by atoms with E-state index in [-0.39, 0.29) is 23.5 Å². The second-order valence-corrected chi connectivity index (χ2v) is 8.05. The number of aromatic amines is 1. The van der Waals surface area contributed by atoms with E-state index >= 15 is 0 Å². The Morgan fingerprint density at radius 2 is 2.21 bits per heavy atom. The minimum absolute atomic E-state index is 0.0128. The van der Waals surface area contributed by atoms with Gasteiger partial charge in [0.15, 0.2) is 5.16 Å². The zero-order valence-corrected chi connectivity index (χ0v) is 15.9. The molecule has 7 heteroatoms. The van der Waals surface area contributed by atoms with Gasteiger partial charge in [0.1, 0.15) is 6.10 Å². The van der Waals surface area contributed by atoms with Gasteiger partial charge < -0.3 is 4.74 Å². The van der Waals surface area contributed by atoms with Crippen LogP contribution in [-0.2, 0) is 16.1 Å². The maximum absolute atomic E-state index is 12.3. The van der Waals surface area contributed by atoms with E-state index in [1.165, 1.54) is 18.2 Å². The van der Waals surface area contributed by atoms with Crippen LogP contribution < -0.4 is 5.69 Å². The van der Waals surface area contributed by atoms with Crippen molar-refractivity contribution in [1.29, 1.82) is 0 Å². The fraction of sp³-hybridized carbons (Fsp3) is 0.824. The molecule has 0 spiro atoms. The van der Waals surface area contributed by atoms with Gasteiger partial charge in [0.25, 0.3) is 0 Å². The molecule has 1 aromatic rings. The first-order chi connectivity index (χ1) is 11.4. The standard InChI is InChI=1S/C17H29N3O3S/c1-5-8-20-16(22)18-19-17(20)24-10-15(21)23-14-9-12(4)6-7-13(14)11(2)3/h11-14H,5-10H2,1-4H3,(H,18,22)/t12-,13-,14+/m1/s1. The van der Waals surface area contributed by atoms with Crippen molar-refractivity contribution in [2.75, 3.05) is 5.75 Å². The van der Waals surface area contributed by atoms with E-state index in [4.69, 9.17) is 4.74 Å². The average molecular weight is 356 g/mol. The molecule has 0 radical (unpaired) electrons. The maximum atomic E-state index is 12.3. The predicted octanol–water partition coefficient (Wildman–Crippen LogP) is 3.08.